The van der Waals surface area contributed by atoms with E-state index in [1.165, 1.54) is 4.31 Å². The predicted molar refractivity (Wildman–Crippen MR) is 101 cm³/mol. The molecule has 0 unspecified atom stereocenters. The Kier molecular flexibility index (Phi) is 7.43. The zero-order valence-electron chi connectivity index (χ0n) is 15.0. The number of carbonyl (C=O) groups is 1. The van der Waals surface area contributed by atoms with Crippen LogP contribution in [-0.4, -0.2) is 37.8 Å². The first-order valence-electron chi connectivity index (χ1n) is 8.25. The molecule has 1 atom stereocenters. The van der Waals surface area contributed by atoms with Gasteiger partial charge < -0.3 is 11.1 Å². The highest BCUT2D eigenvalue weighted by Crippen LogP contribution is 2.21. The van der Waals surface area contributed by atoms with Gasteiger partial charge in [-0.1, -0.05) is 32.9 Å². The maximum Gasteiger partial charge on any atom is 0.243 e. The van der Waals surface area contributed by atoms with Gasteiger partial charge in [0.05, 0.1) is 10.9 Å². The van der Waals surface area contributed by atoms with Crippen molar-refractivity contribution in [1.29, 1.82) is 0 Å². The van der Waals surface area contributed by atoms with Gasteiger partial charge in [-0.25, -0.2) is 8.42 Å². The van der Waals surface area contributed by atoms with E-state index in [1.807, 2.05) is 20.8 Å². The van der Waals surface area contributed by atoms with Gasteiger partial charge in [-0.05, 0) is 36.0 Å². The summed E-state index contributed by atoms with van der Waals surface area (Å²) in [7, 11) is -3.39. The maximum atomic E-state index is 12.5. The number of hydrogen-bond donors (Lipinski definition) is 2. The molecule has 2 rings (SSSR count). The molecule has 25 heavy (non-hydrogen) atoms. The van der Waals surface area contributed by atoms with Crippen LogP contribution in [-0.2, 0) is 21.4 Å². The van der Waals surface area contributed by atoms with Crippen LogP contribution in [0.25, 0.3) is 0 Å². The number of nitrogens with one attached hydrogen (secondary N) is 1. The van der Waals surface area contributed by atoms with Crippen LogP contribution < -0.4 is 11.1 Å². The summed E-state index contributed by atoms with van der Waals surface area (Å²) in [5.74, 6) is -0.212. The van der Waals surface area contributed by atoms with E-state index < -0.39 is 16.1 Å². The monoisotopic (exact) mass is 389 g/mol. The van der Waals surface area contributed by atoms with Crippen molar-refractivity contribution in [2.75, 3.05) is 13.1 Å². The number of hydrogen-bond acceptors (Lipinski definition) is 4. The molecule has 0 saturated carbocycles. The highest BCUT2D eigenvalue weighted by Gasteiger charge is 2.28. The second kappa shape index (κ2) is 8.49. The Morgan fingerprint density at radius 1 is 1.20 bits per heavy atom. The molecule has 0 aliphatic carbocycles. The second-order valence-electron chi connectivity index (χ2n) is 7.32. The number of nitrogens with two attached hydrogens (primary N) is 1. The minimum atomic E-state index is -3.39. The Bertz CT molecular complexity index is 678. The molecule has 1 aromatic carbocycles. The van der Waals surface area contributed by atoms with Gasteiger partial charge in [0.2, 0.25) is 15.9 Å². The minimum Gasteiger partial charge on any atom is -0.351 e. The Hall–Kier alpha value is -1.15. The molecule has 1 aromatic rings. The molecule has 3 N–H and O–H groups in total. The molecule has 1 fully saturated rings. The molecule has 1 heterocycles. The van der Waals surface area contributed by atoms with Crippen molar-refractivity contribution in [3.8, 4) is 0 Å². The van der Waals surface area contributed by atoms with Gasteiger partial charge >= 0.3 is 0 Å². The average Bonchev–Trinajstić information content (AvgIpc) is 3.06. The summed E-state index contributed by atoms with van der Waals surface area (Å²) in [4.78, 5) is 12.3. The lowest BCUT2D eigenvalue weighted by molar-refractivity contribution is -0.124. The Morgan fingerprint density at radius 2 is 1.72 bits per heavy atom. The number of sulfonamides is 1. The van der Waals surface area contributed by atoms with Gasteiger partial charge in [0, 0.05) is 19.6 Å². The number of carbonyl (C=O) groups excluding carboxylic acids is 1. The molecule has 1 saturated heterocycles. The summed E-state index contributed by atoms with van der Waals surface area (Å²) in [6, 6.07) is 6.06. The molecule has 1 aliphatic rings. The first-order chi connectivity index (χ1) is 11.1. The highest BCUT2D eigenvalue weighted by atomic mass is 35.5. The van der Waals surface area contributed by atoms with Gasteiger partial charge in [-0.15, -0.1) is 12.4 Å². The lowest BCUT2D eigenvalue weighted by Crippen LogP contribution is -2.48. The molecule has 1 amide bonds. The van der Waals surface area contributed by atoms with E-state index in [9.17, 15) is 13.2 Å². The Morgan fingerprint density at radius 3 is 2.20 bits per heavy atom. The number of halogens is 1. The first kappa shape index (κ1) is 21.9. The minimum absolute atomic E-state index is 0. The molecular weight excluding hydrogens is 362 g/mol. The van der Waals surface area contributed by atoms with Crippen LogP contribution in [0.4, 0.5) is 0 Å². The van der Waals surface area contributed by atoms with Crippen LogP contribution in [0.1, 0.15) is 39.2 Å². The quantitative estimate of drug-likeness (QED) is 0.804. The van der Waals surface area contributed by atoms with Crippen molar-refractivity contribution in [2.45, 2.75) is 51.1 Å². The van der Waals surface area contributed by atoms with Crippen LogP contribution >= 0.6 is 12.4 Å². The smallest absolute Gasteiger partial charge is 0.243 e. The standard InChI is InChI=1S/C17H27N3O3S.ClH/c1-17(2,3)15(18)16(21)19-12-13-6-8-14(9-7-13)24(22,23)20-10-4-5-11-20;/h6-9,15H,4-5,10-12,18H2,1-3H3,(H,19,21);1H/t15-;/m1./s1. The van der Waals surface area contributed by atoms with E-state index in [0.717, 1.165) is 18.4 Å². The average molecular weight is 390 g/mol. The fourth-order valence-electron chi connectivity index (χ4n) is 2.55. The molecule has 0 spiro atoms. The highest BCUT2D eigenvalue weighted by molar-refractivity contribution is 7.89. The maximum absolute atomic E-state index is 12.5. The van der Waals surface area contributed by atoms with Gasteiger partial charge in [0.1, 0.15) is 0 Å². The molecule has 0 bridgehead atoms. The SMILES string of the molecule is CC(C)(C)[C@H](N)C(=O)NCc1ccc(S(=O)(=O)N2CCCC2)cc1.Cl. The number of benzene rings is 1. The number of rotatable bonds is 5. The summed E-state index contributed by atoms with van der Waals surface area (Å²) < 4.78 is 26.4. The van der Waals surface area contributed by atoms with Gasteiger partial charge in [-0.3, -0.25) is 4.79 Å². The molecular formula is C17H28ClN3O3S. The van der Waals surface area contributed by atoms with E-state index >= 15 is 0 Å². The molecule has 6 nitrogen and oxygen atoms in total. The van der Waals surface area contributed by atoms with Crippen LogP contribution in [0.2, 0.25) is 0 Å². The summed E-state index contributed by atoms with van der Waals surface area (Å²) in [6.07, 6.45) is 1.83. The van der Waals surface area contributed by atoms with Gasteiger partial charge in [0.25, 0.3) is 0 Å². The topological polar surface area (TPSA) is 92.5 Å². The largest absolute Gasteiger partial charge is 0.351 e. The summed E-state index contributed by atoms with van der Waals surface area (Å²) in [5.41, 5.74) is 6.44. The second-order valence-corrected chi connectivity index (χ2v) is 9.25. The number of amides is 1. The van der Waals surface area contributed by atoms with E-state index in [2.05, 4.69) is 5.32 Å². The normalized spacial score (nSPS) is 17.0. The lowest BCUT2D eigenvalue weighted by atomic mass is 9.87. The summed E-state index contributed by atoms with van der Waals surface area (Å²) in [6.45, 7) is 7.24. The van der Waals surface area contributed by atoms with Crippen LogP contribution in [0.3, 0.4) is 0 Å². The third-order valence-corrected chi connectivity index (χ3v) is 6.22. The zero-order chi connectivity index (χ0) is 18.0. The van der Waals surface area contributed by atoms with Crippen molar-refractivity contribution < 1.29 is 13.2 Å². The van der Waals surface area contributed by atoms with Crippen LogP contribution in [0, 0.1) is 5.41 Å². The van der Waals surface area contributed by atoms with Gasteiger partial charge in [-0.2, -0.15) is 4.31 Å². The van der Waals surface area contributed by atoms with Crippen molar-refractivity contribution >= 4 is 28.3 Å². The van der Waals surface area contributed by atoms with E-state index in [1.54, 1.807) is 24.3 Å². The van der Waals surface area contributed by atoms with E-state index in [-0.39, 0.29) is 23.7 Å². The number of nitrogens with zero attached hydrogens (tertiary/aromatic N) is 1. The third kappa shape index (κ3) is 5.41. The van der Waals surface area contributed by atoms with Crippen molar-refractivity contribution in [1.82, 2.24) is 9.62 Å². The first-order valence-corrected chi connectivity index (χ1v) is 9.69. The zero-order valence-corrected chi connectivity index (χ0v) is 16.6. The molecule has 1 aliphatic heterocycles. The van der Waals surface area contributed by atoms with E-state index in [0.29, 0.717) is 24.5 Å². The molecule has 8 heteroatoms. The molecule has 142 valence electrons. The Labute approximate surface area is 156 Å². The third-order valence-electron chi connectivity index (χ3n) is 4.31. The summed E-state index contributed by atoms with van der Waals surface area (Å²) in [5, 5.41) is 2.79. The molecule has 0 aromatic heterocycles. The van der Waals surface area contributed by atoms with E-state index in [4.69, 9.17) is 5.73 Å². The van der Waals surface area contributed by atoms with Crippen LogP contribution in [0.15, 0.2) is 29.2 Å². The lowest BCUT2D eigenvalue weighted by Gasteiger charge is -2.25. The fourth-order valence-corrected chi connectivity index (χ4v) is 4.07. The van der Waals surface area contributed by atoms with Crippen molar-refractivity contribution in [3.05, 3.63) is 29.8 Å². The Balaban J connectivity index is 0.00000312. The van der Waals surface area contributed by atoms with Gasteiger partial charge in [0.15, 0.2) is 0 Å². The predicted octanol–water partition coefficient (Wildman–Crippen LogP) is 1.88. The molecule has 0 radical (unpaired) electrons. The van der Waals surface area contributed by atoms with Crippen molar-refractivity contribution in [3.63, 3.8) is 0 Å². The summed E-state index contributed by atoms with van der Waals surface area (Å²) >= 11 is 0. The fraction of sp³-hybridized carbons (Fsp3) is 0.588. The van der Waals surface area contributed by atoms with Crippen LogP contribution in [0.5, 0.6) is 0 Å². The van der Waals surface area contributed by atoms with Crippen molar-refractivity contribution in [2.24, 2.45) is 11.1 Å².